The number of benzene rings is 1. The zero-order valence-electron chi connectivity index (χ0n) is 14.6. The van der Waals surface area contributed by atoms with Crippen molar-refractivity contribution in [3.05, 3.63) is 23.8 Å². The Balaban J connectivity index is 2.51. The summed E-state index contributed by atoms with van der Waals surface area (Å²) in [5.74, 6) is 0.698. The molecule has 0 saturated carbocycles. The van der Waals surface area contributed by atoms with Crippen LogP contribution in [0, 0.1) is 6.92 Å². The van der Waals surface area contributed by atoms with Gasteiger partial charge < -0.3 is 25.8 Å². The number of anilines is 1. The van der Waals surface area contributed by atoms with Gasteiger partial charge in [-0.3, -0.25) is 0 Å². The van der Waals surface area contributed by atoms with Gasteiger partial charge in [-0.05, 0) is 44.5 Å². The molecular weight excluding hydrogens is 294 g/mol. The van der Waals surface area contributed by atoms with Crippen molar-refractivity contribution in [3.8, 4) is 5.75 Å². The Bertz CT molecular complexity index is 504. The van der Waals surface area contributed by atoms with Crippen LogP contribution in [0.2, 0.25) is 0 Å². The first kappa shape index (κ1) is 19.3. The number of carbonyl (C=O) groups is 1. The van der Waals surface area contributed by atoms with Crippen molar-refractivity contribution in [1.29, 1.82) is 0 Å². The molecule has 1 aromatic rings. The Morgan fingerprint density at radius 3 is 2.48 bits per heavy atom. The van der Waals surface area contributed by atoms with Crippen LogP contribution in [0.25, 0.3) is 0 Å². The number of rotatable bonds is 8. The summed E-state index contributed by atoms with van der Waals surface area (Å²) in [6, 6.07) is 5.59. The number of nitrogens with one attached hydrogen (secondary N) is 3. The molecule has 6 nitrogen and oxygen atoms in total. The molecule has 130 valence electrons. The van der Waals surface area contributed by atoms with E-state index >= 15 is 0 Å². The summed E-state index contributed by atoms with van der Waals surface area (Å²) in [7, 11) is 0. The molecule has 2 amide bonds. The molecule has 0 bridgehead atoms. The van der Waals surface area contributed by atoms with Crippen molar-refractivity contribution >= 4 is 11.7 Å². The van der Waals surface area contributed by atoms with Gasteiger partial charge in [0, 0.05) is 24.3 Å². The lowest BCUT2D eigenvalue weighted by atomic mass is 10.2. The van der Waals surface area contributed by atoms with E-state index in [-0.39, 0.29) is 18.7 Å². The van der Waals surface area contributed by atoms with Crippen LogP contribution in [-0.4, -0.2) is 42.5 Å². The van der Waals surface area contributed by atoms with Gasteiger partial charge in [-0.25, -0.2) is 4.79 Å². The quantitative estimate of drug-likeness (QED) is 0.591. The summed E-state index contributed by atoms with van der Waals surface area (Å²) >= 11 is 0. The van der Waals surface area contributed by atoms with Crippen molar-refractivity contribution < 1.29 is 14.6 Å². The zero-order valence-corrected chi connectivity index (χ0v) is 14.6. The number of hydrogen-bond acceptors (Lipinski definition) is 4. The summed E-state index contributed by atoms with van der Waals surface area (Å²) in [4.78, 5) is 11.7. The second-order valence-corrected chi connectivity index (χ2v) is 6.26. The van der Waals surface area contributed by atoms with Crippen LogP contribution in [0.5, 0.6) is 5.75 Å². The van der Waals surface area contributed by atoms with Crippen LogP contribution in [-0.2, 0) is 0 Å². The molecule has 0 radical (unpaired) electrons. The Morgan fingerprint density at radius 2 is 1.91 bits per heavy atom. The van der Waals surface area contributed by atoms with Crippen molar-refractivity contribution in [2.45, 2.75) is 52.8 Å². The van der Waals surface area contributed by atoms with Crippen LogP contribution in [0.3, 0.4) is 0 Å². The van der Waals surface area contributed by atoms with Gasteiger partial charge in [0.25, 0.3) is 0 Å². The molecule has 6 heteroatoms. The highest BCUT2D eigenvalue weighted by molar-refractivity contribution is 5.89. The summed E-state index contributed by atoms with van der Waals surface area (Å²) in [5, 5.41) is 18.6. The van der Waals surface area contributed by atoms with Gasteiger partial charge >= 0.3 is 6.03 Å². The fourth-order valence-electron chi connectivity index (χ4n) is 1.94. The maximum atomic E-state index is 11.7. The lowest BCUT2D eigenvalue weighted by molar-refractivity contribution is 0.104. The van der Waals surface area contributed by atoms with Crippen molar-refractivity contribution in [2.75, 3.05) is 18.5 Å². The predicted molar refractivity (Wildman–Crippen MR) is 93.1 cm³/mol. The molecule has 4 N–H and O–H groups in total. The smallest absolute Gasteiger partial charge is 0.319 e. The average molecular weight is 323 g/mol. The molecule has 23 heavy (non-hydrogen) atoms. The number of aliphatic hydroxyl groups excluding tert-OH is 1. The summed E-state index contributed by atoms with van der Waals surface area (Å²) < 4.78 is 5.64. The van der Waals surface area contributed by atoms with E-state index in [1.54, 1.807) is 12.1 Å². The standard InChI is InChI=1S/C17H29N3O3/c1-11(2)18-9-15(21)10-23-16-7-6-14(8-13(16)5)20-17(22)19-12(3)4/h6-8,11-12,15,18,21H,9-10H2,1-5H3,(H2,19,20,22). The molecule has 0 aliphatic rings. The largest absolute Gasteiger partial charge is 0.491 e. The summed E-state index contributed by atoms with van der Waals surface area (Å²) in [5.41, 5.74) is 1.60. The topological polar surface area (TPSA) is 82.6 Å². The Hall–Kier alpha value is -1.79. The third-order valence-corrected chi connectivity index (χ3v) is 3.05. The van der Waals surface area contributed by atoms with Crippen molar-refractivity contribution in [2.24, 2.45) is 0 Å². The van der Waals surface area contributed by atoms with E-state index in [1.165, 1.54) is 0 Å². The molecule has 0 aliphatic heterocycles. The number of hydrogen-bond donors (Lipinski definition) is 4. The van der Waals surface area contributed by atoms with Crippen LogP contribution in [0.1, 0.15) is 33.3 Å². The first-order valence-corrected chi connectivity index (χ1v) is 8.00. The van der Waals surface area contributed by atoms with E-state index in [9.17, 15) is 9.90 Å². The van der Waals surface area contributed by atoms with E-state index in [0.29, 0.717) is 24.0 Å². The molecule has 0 heterocycles. The van der Waals surface area contributed by atoms with E-state index in [0.717, 1.165) is 5.56 Å². The Labute approximate surface area is 138 Å². The molecule has 0 fully saturated rings. The van der Waals surface area contributed by atoms with E-state index in [1.807, 2.05) is 40.7 Å². The number of aryl methyl sites for hydroxylation is 1. The number of ether oxygens (including phenoxy) is 1. The van der Waals surface area contributed by atoms with Gasteiger partial charge in [0.2, 0.25) is 0 Å². The molecule has 0 saturated heterocycles. The first-order chi connectivity index (χ1) is 10.8. The fraction of sp³-hybridized carbons (Fsp3) is 0.588. The van der Waals surface area contributed by atoms with Gasteiger partial charge in [-0.1, -0.05) is 13.8 Å². The number of carbonyl (C=O) groups excluding carboxylic acids is 1. The van der Waals surface area contributed by atoms with Gasteiger partial charge in [-0.15, -0.1) is 0 Å². The molecule has 1 unspecified atom stereocenters. The lowest BCUT2D eigenvalue weighted by Crippen LogP contribution is -2.35. The monoisotopic (exact) mass is 323 g/mol. The van der Waals surface area contributed by atoms with Gasteiger partial charge in [-0.2, -0.15) is 0 Å². The highest BCUT2D eigenvalue weighted by Crippen LogP contribution is 2.22. The molecule has 0 aromatic heterocycles. The van der Waals surface area contributed by atoms with E-state index in [2.05, 4.69) is 16.0 Å². The first-order valence-electron chi connectivity index (χ1n) is 8.00. The van der Waals surface area contributed by atoms with Gasteiger partial charge in [0.1, 0.15) is 18.5 Å². The second-order valence-electron chi connectivity index (χ2n) is 6.26. The average Bonchev–Trinajstić information content (AvgIpc) is 2.43. The molecule has 0 spiro atoms. The molecule has 1 rings (SSSR count). The van der Waals surface area contributed by atoms with Gasteiger partial charge in [0.15, 0.2) is 0 Å². The number of aliphatic hydroxyl groups is 1. The third-order valence-electron chi connectivity index (χ3n) is 3.05. The minimum atomic E-state index is -0.563. The van der Waals surface area contributed by atoms with E-state index < -0.39 is 6.10 Å². The predicted octanol–water partition coefficient (Wildman–Crippen LogP) is 2.26. The zero-order chi connectivity index (χ0) is 17.4. The second kappa shape index (κ2) is 9.37. The number of amides is 2. The Morgan fingerprint density at radius 1 is 1.22 bits per heavy atom. The lowest BCUT2D eigenvalue weighted by Gasteiger charge is -2.16. The molecule has 1 atom stereocenters. The van der Waals surface area contributed by atoms with Crippen LogP contribution < -0.4 is 20.7 Å². The van der Waals surface area contributed by atoms with Crippen molar-refractivity contribution in [3.63, 3.8) is 0 Å². The third kappa shape index (κ3) is 7.85. The summed E-state index contributed by atoms with van der Waals surface area (Å²) in [6.07, 6.45) is -0.563. The summed E-state index contributed by atoms with van der Waals surface area (Å²) in [6.45, 7) is 10.5. The Kier molecular flexibility index (Phi) is 7.85. The SMILES string of the molecule is Cc1cc(NC(=O)NC(C)C)ccc1OCC(O)CNC(C)C. The molecular formula is C17H29N3O3. The van der Waals surface area contributed by atoms with Gasteiger partial charge in [0.05, 0.1) is 0 Å². The van der Waals surface area contributed by atoms with Crippen LogP contribution in [0.4, 0.5) is 10.5 Å². The van der Waals surface area contributed by atoms with Crippen LogP contribution >= 0.6 is 0 Å². The van der Waals surface area contributed by atoms with Crippen molar-refractivity contribution in [1.82, 2.24) is 10.6 Å². The highest BCUT2D eigenvalue weighted by Gasteiger charge is 2.09. The minimum absolute atomic E-state index is 0.0830. The van der Waals surface area contributed by atoms with E-state index in [4.69, 9.17) is 4.74 Å². The highest BCUT2D eigenvalue weighted by atomic mass is 16.5. The molecule has 0 aliphatic carbocycles. The minimum Gasteiger partial charge on any atom is -0.491 e. The normalized spacial score (nSPS) is 12.3. The fourth-order valence-corrected chi connectivity index (χ4v) is 1.94. The maximum Gasteiger partial charge on any atom is 0.319 e. The molecule has 1 aromatic carbocycles. The number of urea groups is 1. The van der Waals surface area contributed by atoms with Crippen LogP contribution in [0.15, 0.2) is 18.2 Å². The maximum absolute atomic E-state index is 11.7.